The fourth-order valence-electron chi connectivity index (χ4n) is 3.23. The summed E-state index contributed by atoms with van der Waals surface area (Å²) in [7, 11) is 0. The molecule has 0 spiro atoms. The van der Waals surface area contributed by atoms with Gasteiger partial charge in [-0.3, -0.25) is 14.4 Å². The van der Waals surface area contributed by atoms with Crippen molar-refractivity contribution >= 4 is 23.7 Å². The van der Waals surface area contributed by atoms with Gasteiger partial charge < -0.3 is 42.7 Å². The number of nitrogens with one attached hydrogen (secondary N) is 3. The number of hydrogen-bond acceptors (Lipinski definition) is 8. The van der Waals surface area contributed by atoms with Crippen molar-refractivity contribution in [2.45, 2.75) is 63.7 Å². The number of carbonyl (C=O) groups is 4. The van der Waals surface area contributed by atoms with Crippen molar-refractivity contribution in [1.29, 1.82) is 0 Å². The topological polar surface area (TPSA) is 217 Å². The minimum absolute atomic E-state index is 0.0108. The summed E-state index contributed by atoms with van der Waals surface area (Å²) in [5.74, 6) is -3.89. The Morgan fingerprint density at radius 1 is 0.914 bits per heavy atom. The number of aliphatic hydroxyl groups excluding tert-OH is 1. The van der Waals surface area contributed by atoms with Crippen LogP contribution in [0.3, 0.4) is 0 Å². The van der Waals surface area contributed by atoms with Gasteiger partial charge in [-0.1, -0.05) is 32.4 Å². The fourth-order valence-corrected chi connectivity index (χ4v) is 3.23. The molecule has 0 fully saturated rings. The van der Waals surface area contributed by atoms with Crippen LogP contribution in [-0.2, 0) is 25.6 Å². The Morgan fingerprint density at radius 2 is 1.49 bits per heavy atom. The van der Waals surface area contributed by atoms with E-state index in [-0.39, 0.29) is 12.2 Å². The van der Waals surface area contributed by atoms with Crippen LogP contribution < -0.4 is 27.4 Å². The number of nitrogens with two attached hydrogens (primary N) is 2. The Hall–Kier alpha value is -3.22. The number of benzene rings is 1. The highest BCUT2D eigenvalue weighted by molar-refractivity contribution is 5.94. The average Bonchev–Trinajstić information content (AvgIpc) is 2.81. The molecule has 0 saturated heterocycles. The number of unbranched alkanes of at least 4 members (excludes halogenated alkanes) is 1. The van der Waals surface area contributed by atoms with Gasteiger partial charge in [0, 0.05) is 6.42 Å². The summed E-state index contributed by atoms with van der Waals surface area (Å²) in [4.78, 5) is 49.5. The van der Waals surface area contributed by atoms with Crippen LogP contribution in [0.15, 0.2) is 24.3 Å². The molecule has 3 amide bonds. The van der Waals surface area contributed by atoms with E-state index in [0.717, 1.165) is 0 Å². The lowest BCUT2D eigenvalue weighted by Crippen LogP contribution is -2.59. The minimum atomic E-state index is -1.44. The normalized spacial score (nSPS) is 14.5. The predicted octanol–water partition coefficient (Wildman–Crippen LogP) is -1.42. The van der Waals surface area contributed by atoms with Gasteiger partial charge in [0.15, 0.2) is 0 Å². The van der Waals surface area contributed by atoms with Crippen LogP contribution in [0.5, 0.6) is 5.75 Å². The van der Waals surface area contributed by atoms with Crippen LogP contribution in [0.2, 0.25) is 0 Å². The van der Waals surface area contributed by atoms with E-state index in [1.54, 1.807) is 26.0 Å². The molecule has 0 heterocycles. The van der Waals surface area contributed by atoms with Crippen LogP contribution in [-0.4, -0.2) is 76.3 Å². The first-order chi connectivity index (χ1) is 16.5. The maximum Gasteiger partial charge on any atom is 0.326 e. The first-order valence-electron chi connectivity index (χ1n) is 11.5. The van der Waals surface area contributed by atoms with Gasteiger partial charge in [-0.25, -0.2) is 4.79 Å². The third-order valence-electron chi connectivity index (χ3n) is 5.36. The number of aliphatic carboxylic acids is 1. The van der Waals surface area contributed by atoms with E-state index in [2.05, 4.69) is 16.0 Å². The van der Waals surface area contributed by atoms with Gasteiger partial charge in [0.1, 0.15) is 23.9 Å². The number of aliphatic hydroxyl groups is 1. The van der Waals surface area contributed by atoms with Crippen molar-refractivity contribution in [2.75, 3.05) is 13.2 Å². The Kier molecular flexibility index (Phi) is 12.7. The van der Waals surface area contributed by atoms with Crippen molar-refractivity contribution in [2.24, 2.45) is 17.4 Å². The molecule has 12 nitrogen and oxygen atoms in total. The quantitative estimate of drug-likeness (QED) is 0.134. The second kappa shape index (κ2) is 14.9. The van der Waals surface area contributed by atoms with Crippen molar-refractivity contribution in [3.05, 3.63) is 29.8 Å². The summed E-state index contributed by atoms with van der Waals surface area (Å²) in [6.45, 7) is 2.88. The van der Waals surface area contributed by atoms with E-state index in [0.29, 0.717) is 31.4 Å². The van der Waals surface area contributed by atoms with Crippen molar-refractivity contribution < 1.29 is 34.5 Å². The summed E-state index contributed by atoms with van der Waals surface area (Å²) in [5, 5.41) is 35.7. The van der Waals surface area contributed by atoms with Gasteiger partial charge in [-0.15, -0.1) is 0 Å². The SMILES string of the molecule is CC(C)C(NC(=O)C(CO)NC(=O)C(Cc1ccc(O)cc1)NC(=O)C(N)CCCCN)C(=O)O. The molecule has 0 aliphatic heterocycles. The van der Waals surface area contributed by atoms with Crippen molar-refractivity contribution in [3.8, 4) is 5.75 Å². The van der Waals surface area contributed by atoms with E-state index in [9.17, 15) is 34.5 Å². The van der Waals surface area contributed by atoms with Gasteiger partial charge in [-0.2, -0.15) is 0 Å². The van der Waals surface area contributed by atoms with Gasteiger partial charge >= 0.3 is 5.97 Å². The molecule has 12 heteroatoms. The zero-order valence-electron chi connectivity index (χ0n) is 20.1. The molecule has 0 radical (unpaired) electrons. The third-order valence-corrected chi connectivity index (χ3v) is 5.36. The molecule has 1 rings (SSSR count). The molecular weight excluding hydrogens is 458 g/mol. The minimum Gasteiger partial charge on any atom is -0.508 e. The molecule has 196 valence electrons. The van der Waals surface area contributed by atoms with Gasteiger partial charge in [0.2, 0.25) is 17.7 Å². The van der Waals surface area contributed by atoms with Crippen LogP contribution in [0.1, 0.15) is 38.7 Å². The monoisotopic (exact) mass is 495 g/mol. The molecule has 10 N–H and O–H groups in total. The molecule has 0 aliphatic carbocycles. The zero-order chi connectivity index (χ0) is 26.5. The molecular formula is C23H37N5O7. The fraction of sp³-hybridized carbons (Fsp3) is 0.565. The Bertz CT molecular complexity index is 847. The summed E-state index contributed by atoms with van der Waals surface area (Å²) in [5.41, 5.74) is 12.0. The summed E-state index contributed by atoms with van der Waals surface area (Å²) < 4.78 is 0. The highest BCUT2D eigenvalue weighted by atomic mass is 16.4. The number of rotatable bonds is 15. The van der Waals surface area contributed by atoms with Gasteiger partial charge in [0.25, 0.3) is 0 Å². The highest BCUT2D eigenvalue weighted by Gasteiger charge is 2.31. The third kappa shape index (κ3) is 10.3. The number of aromatic hydroxyl groups is 1. The van der Waals surface area contributed by atoms with Crippen LogP contribution in [0.25, 0.3) is 0 Å². The molecule has 4 atom stereocenters. The molecule has 0 aromatic heterocycles. The first-order valence-corrected chi connectivity index (χ1v) is 11.5. The Morgan fingerprint density at radius 3 is 2.00 bits per heavy atom. The lowest BCUT2D eigenvalue weighted by atomic mass is 10.0. The molecule has 4 unspecified atom stereocenters. The predicted molar refractivity (Wildman–Crippen MR) is 128 cm³/mol. The lowest BCUT2D eigenvalue weighted by Gasteiger charge is -2.25. The Balaban J connectivity index is 2.99. The summed E-state index contributed by atoms with van der Waals surface area (Å²) in [6, 6.07) is 1.29. The molecule has 0 aliphatic rings. The molecule has 0 saturated carbocycles. The van der Waals surface area contributed by atoms with E-state index in [4.69, 9.17) is 11.5 Å². The lowest BCUT2D eigenvalue weighted by molar-refractivity contribution is -0.143. The first kappa shape index (κ1) is 29.8. The number of phenolic OH excluding ortho intramolecular Hbond substituents is 1. The smallest absolute Gasteiger partial charge is 0.326 e. The number of phenols is 1. The van der Waals surface area contributed by atoms with Gasteiger partial charge in [-0.05, 0) is 43.0 Å². The van der Waals surface area contributed by atoms with Crippen molar-refractivity contribution in [3.63, 3.8) is 0 Å². The number of amides is 3. The highest BCUT2D eigenvalue weighted by Crippen LogP contribution is 2.12. The maximum atomic E-state index is 13.0. The number of carboxylic acid groups (broad SMARTS) is 1. The van der Waals surface area contributed by atoms with E-state index in [1.165, 1.54) is 12.1 Å². The van der Waals surface area contributed by atoms with E-state index < -0.39 is 60.4 Å². The number of carbonyl (C=O) groups excluding carboxylic acids is 3. The second-order valence-corrected chi connectivity index (χ2v) is 8.63. The second-order valence-electron chi connectivity index (χ2n) is 8.63. The summed E-state index contributed by atoms with van der Waals surface area (Å²) >= 11 is 0. The van der Waals surface area contributed by atoms with Crippen molar-refractivity contribution in [1.82, 2.24) is 16.0 Å². The summed E-state index contributed by atoms with van der Waals surface area (Å²) in [6.07, 6.45) is 1.70. The van der Waals surface area contributed by atoms with Crippen LogP contribution >= 0.6 is 0 Å². The standard InChI is InChI=1S/C23H37N5O7/c1-13(2)19(23(34)35)28-22(33)18(12-29)27-21(32)17(11-14-6-8-15(30)9-7-14)26-20(31)16(25)5-3-4-10-24/h6-9,13,16-19,29-30H,3-5,10-12,24-25H2,1-2H3,(H,26,31)(H,27,32)(H,28,33)(H,34,35). The zero-order valence-corrected chi connectivity index (χ0v) is 20.1. The van der Waals surface area contributed by atoms with Crippen LogP contribution in [0.4, 0.5) is 0 Å². The number of carboxylic acids is 1. The molecule has 1 aromatic rings. The van der Waals surface area contributed by atoms with E-state index >= 15 is 0 Å². The van der Waals surface area contributed by atoms with E-state index in [1.807, 2.05) is 0 Å². The largest absolute Gasteiger partial charge is 0.508 e. The Labute approximate surface area is 204 Å². The average molecular weight is 496 g/mol. The maximum absolute atomic E-state index is 13.0. The number of hydrogen-bond donors (Lipinski definition) is 8. The van der Waals surface area contributed by atoms with Gasteiger partial charge in [0.05, 0.1) is 12.6 Å². The molecule has 1 aromatic carbocycles. The molecule has 0 bridgehead atoms. The van der Waals surface area contributed by atoms with Crippen LogP contribution in [0, 0.1) is 5.92 Å². The molecule has 35 heavy (non-hydrogen) atoms.